The van der Waals surface area contributed by atoms with Crippen molar-refractivity contribution in [3.8, 4) is 0 Å². The molecule has 0 spiro atoms. The highest BCUT2D eigenvalue weighted by molar-refractivity contribution is 5.97. The maximum atomic E-state index is 13.8. The van der Waals surface area contributed by atoms with Gasteiger partial charge in [0, 0.05) is 43.0 Å². The van der Waals surface area contributed by atoms with Gasteiger partial charge in [-0.3, -0.25) is 9.59 Å². The van der Waals surface area contributed by atoms with Crippen molar-refractivity contribution in [2.45, 2.75) is 77.5 Å². The molecule has 0 saturated carbocycles. The molecule has 0 unspecified atom stereocenters. The summed E-state index contributed by atoms with van der Waals surface area (Å²) in [5.41, 5.74) is 0.814. The van der Waals surface area contributed by atoms with E-state index in [1.165, 1.54) is 21.5 Å². The number of aromatic nitrogens is 4. The van der Waals surface area contributed by atoms with Crippen LogP contribution in [0.1, 0.15) is 79.8 Å². The maximum Gasteiger partial charge on any atom is 0.451 e. The van der Waals surface area contributed by atoms with Gasteiger partial charge in [-0.05, 0) is 34.6 Å². The van der Waals surface area contributed by atoms with E-state index in [0.29, 0.717) is 17.7 Å². The molecule has 3 atom stereocenters. The van der Waals surface area contributed by atoms with Crippen LogP contribution in [0.5, 0.6) is 0 Å². The number of hydrogen-bond acceptors (Lipinski definition) is 7. The third-order valence-electron chi connectivity index (χ3n) is 6.62. The Morgan fingerprint density at radius 3 is 2.37 bits per heavy atom. The Labute approximate surface area is 217 Å². The van der Waals surface area contributed by atoms with Gasteiger partial charge in [-0.15, -0.1) is 0 Å². The lowest BCUT2D eigenvalue weighted by Gasteiger charge is -2.38. The largest absolute Gasteiger partial charge is 0.451 e. The van der Waals surface area contributed by atoms with Crippen molar-refractivity contribution in [1.29, 1.82) is 0 Å². The van der Waals surface area contributed by atoms with E-state index in [1.807, 2.05) is 6.92 Å². The summed E-state index contributed by atoms with van der Waals surface area (Å²) in [6.45, 7) is 8.73. The number of fused-ring (bicyclic) bond motifs is 3. The molecule has 4 rings (SSSR count). The number of halogens is 3. The zero-order valence-electron chi connectivity index (χ0n) is 22.0. The summed E-state index contributed by atoms with van der Waals surface area (Å²) < 4.78 is 45.7. The number of likely N-dealkylation sites (N-methyl/N-ethyl adjacent to an activating group) is 1. The number of nitrogens with zero attached hydrogens (tertiary/aromatic N) is 6. The minimum Gasteiger partial charge on any atom is -0.444 e. The number of hydrogen-bond donors (Lipinski definition) is 1. The first kappa shape index (κ1) is 27.3. The summed E-state index contributed by atoms with van der Waals surface area (Å²) in [7, 11) is 1.46. The van der Waals surface area contributed by atoms with Gasteiger partial charge in [0.25, 0.3) is 5.91 Å². The molecule has 206 valence electrons. The van der Waals surface area contributed by atoms with Crippen LogP contribution in [-0.2, 0) is 28.7 Å². The Kier molecular flexibility index (Phi) is 6.87. The van der Waals surface area contributed by atoms with Crippen molar-refractivity contribution < 1.29 is 32.3 Å². The van der Waals surface area contributed by atoms with Crippen LogP contribution >= 0.6 is 0 Å². The monoisotopic (exact) mass is 537 g/mol. The van der Waals surface area contributed by atoms with Crippen molar-refractivity contribution in [3.05, 3.63) is 40.7 Å². The molecule has 0 bridgehead atoms. The minimum atomic E-state index is -4.70. The predicted octanol–water partition coefficient (Wildman–Crippen LogP) is 2.88. The molecule has 0 aromatic carbocycles. The first-order chi connectivity index (χ1) is 17.6. The van der Waals surface area contributed by atoms with Crippen LogP contribution in [0.15, 0.2) is 12.4 Å². The Hall–Kier alpha value is -3.71. The second-order valence-electron chi connectivity index (χ2n) is 10.5. The SMILES string of the molecule is CNC(=O)[C@@H]1CN([C@@H](C)c2cnc(C(F)(F)F)nc2)C(=O)c2c3c(nn21)C[C@@H](C)N(C(=O)OC(C)(C)C)C3. The van der Waals surface area contributed by atoms with E-state index in [9.17, 15) is 27.6 Å². The van der Waals surface area contributed by atoms with Crippen molar-refractivity contribution in [3.63, 3.8) is 0 Å². The van der Waals surface area contributed by atoms with Crippen molar-refractivity contribution in [1.82, 2.24) is 34.9 Å². The highest BCUT2D eigenvalue weighted by Gasteiger charge is 2.44. The summed E-state index contributed by atoms with van der Waals surface area (Å²) in [5.74, 6) is -2.15. The van der Waals surface area contributed by atoms with Gasteiger partial charge in [0.05, 0.1) is 24.8 Å². The molecule has 0 saturated heterocycles. The summed E-state index contributed by atoms with van der Waals surface area (Å²) in [5, 5.41) is 7.18. The fourth-order valence-electron chi connectivity index (χ4n) is 4.64. The number of carbonyl (C=O) groups excluding carboxylic acids is 3. The molecule has 0 aliphatic carbocycles. The third kappa shape index (κ3) is 5.03. The van der Waals surface area contributed by atoms with Gasteiger partial charge in [0.1, 0.15) is 17.3 Å². The molecule has 11 nitrogen and oxygen atoms in total. The second kappa shape index (κ2) is 9.55. The molecule has 2 aliphatic rings. The van der Waals surface area contributed by atoms with Crippen LogP contribution in [0.25, 0.3) is 0 Å². The highest BCUT2D eigenvalue weighted by atomic mass is 19.4. The minimum absolute atomic E-state index is 0.0541. The van der Waals surface area contributed by atoms with Crippen LogP contribution in [0, 0.1) is 0 Å². The van der Waals surface area contributed by atoms with Crippen LogP contribution in [0.4, 0.5) is 18.0 Å². The molecule has 14 heteroatoms. The molecule has 4 heterocycles. The van der Waals surface area contributed by atoms with Gasteiger partial charge >= 0.3 is 12.3 Å². The summed E-state index contributed by atoms with van der Waals surface area (Å²) in [4.78, 5) is 49.3. The van der Waals surface area contributed by atoms with Crippen LogP contribution < -0.4 is 5.32 Å². The third-order valence-corrected chi connectivity index (χ3v) is 6.62. The van der Waals surface area contributed by atoms with Gasteiger partial charge in [-0.1, -0.05) is 0 Å². The van der Waals surface area contributed by atoms with Crippen molar-refractivity contribution in [2.75, 3.05) is 13.6 Å². The highest BCUT2D eigenvalue weighted by Crippen LogP contribution is 2.35. The molecular formula is C24H30F3N7O4. The topological polar surface area (TPSA) is 123 Å². The smallest absolute Gasteiger partial charge is 0.444 e. The average molecular weight is 538 g/mol. The van der Waals surface area contributed by atoms with Gasteiger partial charge in [0.2, 0.25) is 11.7 Å². The predicted molar refractivity (Wildman–Crippen MR) is 127 cm³/mol. The maximum absolute atomic E-state index is 13.8. The fourth-order valence-corrected chi connectivity index (χ4v) is 4.64. The van der Waals surface area contributed by atoms with E-state index in [-0.39, 0.29) is 30.4 Å². The van der Waals surface area contributed by atoms with E-state index < -0.39 is 47.6 Å². The Balaban J connectivity index is 1.72. The van der Waals surface area contributed by atoms with Gasteiger partial charge in [-0.2, -0.15) is 18.3 Å². The lowest BCUT2D eigenvalue weighted by atomic mass is 9.97. The number of alkyl halides is 3. The van der Waals surface area contributed by atoms with Crippen LogP contribution in [0.2, 0.25) is 0 Å². The molecule has 0 radical (unpaired) electrons. The average Bonchev–Trinajstić information content (AvgIpc) is 3.20. The summed E-state index contributed by atoms with van der Waals surface area (Å²) in [6.07, 6.45) is -2.83. The fraction of sp³-hybridized carbons (Fsp3) is 0.583. The quantitative estimate of drug-likeness (QED) is 0.639. The summed E-state index contributed by atoms with van der Waals surface area (Å²) in [6, 6.07) is -1.90. The first-order valence-electron chi connectivity index (χ1n) is 12.1. The molecule has 38 heavy (non-hydrogen) atoms. The first-order valence-corrected chi connectivity index (χ1v) is 12.1. The van der Waals surface area contributed by atoms with Crippen LogP contribution in [0.3, 0.4) is 0 Å². The molecule has 2 aromatic rings. The molecular weight excluding hydrogens is 507 g/mol. The van der Waals surface area contributed by atoms with E-state index >= 15 is 0 Å². The van der Waals surface area contributed by atoms with Crippen LogP contribution in [-0.4, -0.2) is 72.7 Å². The molecule has 2 aromatic heterocycles. The number of nitrogens with one attached hydrogen (secondary N) is 1. The van der Waals surface area contributed by atoms with E-state index in [2.05, 4.69) is 20.4 Å². The molecule has 2 aliphatic heterocycles. The lowest BCUT2D eigenvalue weighted by molar-refractivity contribution is -0.145. The Morgan fingerprint density at radius 2 is 1.82 bits per heavy atom. The second-order valence-corrected chi connectivity index (χ2v) is 10.5. The molecule has 0 fully saturated rings. The lowest BCUT2D eigenvalue weighted by Crippen LogP contribution is -2.49. The van der Waals surface area contributed by atoms with Gasteiger partial charge in [-0.25, -0.2) is 19.4 Å². The van der Waals surface area contributed by atoms with Crippen molar-refractivity contribution >= 4 is 17.9 Å². The summed E-state index contributed by atoms with van der Waals surface area (Å²) >= 11 is 0. The number of ether oxygens (including phenoxy) is 1. The Morgan fingerprint density at radius 1 is 1.18 bits per heavy atom. The molecule has 3 amide bonds. The number of rotatable bonds is 3. The van der Waals surface area contributed by atoms with Gasteiger partial charge in [0.15, 0.2) is 0 Å². The normalized spacial score (nSPS) is 20.5. The standard InChI is InChI=1S/C24H30F3N7O4/c1-12-7-16-15(10-32(12)22(37)38-23(3,4)5)18-20(36)33(11-17(19(35)28-6)34(18)31-16)13(2)14-8-29-21(30-9-14)24(25,26)27/h8-9,12-13,17H,7,10-11H2,1-6H3,(H,28,35)/t12-,13+,17+/m1/s1. The Bertz CT molecular complexity index is 1250. The zero-order chi connectivity index (χ0) is 28.2. The molecule has 1 N–H and O–H groups in total. The zero-order valence-corrected chi connectivity index (χ0v) is 22.0. The van der Waals surface area contributed by atoms with Crippen molar-refractivity contribution in [2.24, 2.45) is 0 Å². The van der Waals surface area contributed by atoms with E-state index in [1.54, 1.807) is 27.7 Å². The number of amides is 3. The van der Waals surface area contributed by atoms with E-state index in [0.717, 1.165) is 12.4 Å². The van der Waals surface area contributed by atoms with E-state index in [4.69, 9.17) is 4.74 Å². The number of carbonyl (C=O) groups is 3. The van der Waals surface area contributed by atoms with Gasteiger partial charge < -0.3 is 19.9 Å².